The number of imidazole rings is 1. The van der Waals surface area contributed by atoms with Crippen LogP contribution < -0.4 is 5.14 Å². The van der Waals surface area contributed by atoms with E-state index in [1.165, 1.54) is 6.20 Å². The van der Waals surface area contributed by atoms with Gasteiger partial charge >= 0.3 is 5.12 Å². The highest BCUT2D eigenvalue weighted by Gasteiger charge is 2.22. The van der Waals surface area contributed by atoms with Gasteiger partial charge in [0.25, 0.3) is 10.0 Å². The van der Waals surface area contributed by atoms with Crippen LogP contribution in [-0.2, 0) is 10.0 Å². The summed E-state index contributed by atoms with van der Waals surface area (Å²) in [6.45, 7) is 0. The number of H-pyrrole nitrogens is 1. The lowest BCUT2D eigenvalue weighted by Crippen LogP contribution is -2.24. The highest BCUT2D eigenvalue weighted by Crippen LogP contribution is 2.08. The zero-order valence-corrected chi connectivity index (χ0v) is 8.15. The third kappa shape index (κ3) is 1.72. The molecule has 15 heavy (non-hydrogen) atoms. The van der Waals surface area contributed by atoms with E-state index in [9.17, 15) is 13.2 Å². The third-order valence-electron chi connectivity index (χ3n) is 1.71. The number of hydrogen-bond donors (Lipinski definition) is 2. The fourth-order valence-electron chi connectivity index (χ4n) is 1.08. The molecular formula is C7H6N4O3S. The molecule has 0 aromatic carbocycles. The highest BCUT2D eigenvalue weighted by molar-refractivity contribution is 8.04. The average molecular weight is 226 g/mol. The summed E-state index contributed by atoms with van der Waals surface area (Å²) in [6, 6.07) is 3.25. The molecule has 0 atom stereocenters. The van der Waals surface area contributed by atoms with E-state index in [2.05, 4.69) is 20.1 Å². The Morgan fingerprint density at radius 2 is 2.20 bits per heavy atom. The molecule has 0 aliphatic heterocycles. The number of nitrogens with zero attached hydrogens (tertiary/aromatic N) is 2. The van der Waals surface area contributed by atoms with Crippen LogP contribution in [0.3, 0.4) is 0 Å². The van der Waals surface area contributed by atoms with E-state index < -0.39 is 15.1 Å². The summed E-state index contributed by atoms with van der Waals surface area (Å²) in [4.78, 5) is 21.3. The number of carbonyl (C=O) groups is 1. The molecule has 0 saturated heterocycles. The molecule has 78 valence electrons. The zero-order chi connectivity index (χ0) is 11.1. The van der Waals surface area contributed by atoms with Crippen LogP contribution >= 0.6 is 0 Å². The number of pyridine rings is 1. The first-order valence-electron chi connectivity index (χ1n) is 3.86. The Morgan fingerprint density at radius 1 is 1.47 bits per heavy atom. The van der Waals surface area contributed by atoms with Gasteiger partial charge in [0.1, 0.15) is 0 Å². The van der Waals surface area contributed by atoms with Crippen molar-refractivity contribution < 1.29 is 13.2 Å². The Bertz CT molecular complexity index is 597. The predicted molar refractivity (Wildman–Crippen MR) is 51.3 cm³/mol. The maximum absolute atomic E-state index is 11.2. The van der Waals surface area contributed by atoms with E-state index >= 15 is 0 Å². The van der Waals surface area contributed by atoms with Gasteiger partial charge in [-0.2, -0.15) is 0 Å². The van der Waals surface area contributed by atoms with Crippen molar-refractivity contribution in [3.05, 3.63) is 24.2 Å². The second-order valence-corrected chi connectivity index (χ2v) is 4.25. The number of sulfonamides is 1. The van der Waals surface area contributed by atoms with E-state index in [0.717, 1.165) is 0 Å². The topological polar surface area (TPSA) is 119 Å². The molecule has 0 aliphatic rings. The monoisotopic (exact) mass is 226 g/mol. The van der Waals surface area contributed by atoms with E-state index in [-0.39, 0.29) is 11.5 Å². The van der Waals surface area contributed by atoms with Gasteiger partial charge in [0.2, 0.25) is 0 Å². The standard InChI is InChI=1S/C7H6N4O3S/c8-15(13,14)7(12)6-10-4-2-1-3-9-5(4)11-6/h1-3H,(H2,8,13,14)(H,9,10,11). The minimum Gasteiger partial charge on any atom is -0.333 e. The van der Waals surface area contributed by atoms with Gasteiger partial charge in [-0.3, -0.25) is 4.79 Å². The number of nitrogens with two attached hydrogens (primary N) is 1. The van der Waals surface area contributed by atoms with Crippen LogP contribution in [0.15, 0.2) is 18.3 Å². The molecule has 2 aromatic rings. The Labute approximate surface area is 84.4 Å². The van der Waals surface area contributed by atoms with Crippen LogP contribution in [0.5, 0.6) is 0 Å². The first kappa shape index (κ1) is 9.74. The van der Waals surface area contributed by atoms with Crippen LogP contribution in [0.1, 0.15) is 10.6 Å². The number of primary sulfonamides is 1. The molecule has 0 aliphatic carbocycles. The smallest absolute Gasteiger partial charge is 0.326 e. The second-order valence-electron chi connectivity index (χ2n) is 2.79. The molecule has 2 aromatic heterocycles. The van der Waals surface area contributed by atoms with Crippen LogP contribution in [0.4, 0.5) is 0 Å². The van der Waals surface area contributed by atoms with E-state index in [0.29, 0.717) is 5.52 Å². The number of nitrogens with one attached hydrogen (secondary N) is 1. The van der Waals surface area contributed by atoms with Crippen LogP contribution in [0.2, 0.25) is 0 Å². The normalized spacial score (nSPS) is 11.8. The van der Waals surface area contributed by atoms with Crippen molar-refractivity contribution in [1.82, 2.24) is 15.0 Å². The predicted octanol–water partition coefficient (Wildman–Crippen LogP) is -0.613. The number of rotatable bonds is 1. The van der Waals surface area contributed by atoms with Gasteiger partial charge in [-0.05, 0) is 12.1 Å². The molecule has 8 heteroatoms. The quantitative estimate of drug-likeness (QED) is 0.672. The maximum Gasteiger partial charge on any atom is 0.326 e. The summed E-state index contributed by atoms with van der Waals surface area (Å²) in [5, 5.41) is 3.43. The van der Waals surface area contributed by atoms with E-state index in [1.54, 1.807) is 12.1 Å². The number of hydrogen-bond acceptors (Lipinski definition) is 5. The van der Waals surface area contributed by atoms with E-state index in [1.807, 2.05) is 0 Å². The molecule has 2 heterocycles. The largest absolute Gasteiger partial charge is 0.333 e. The highest BCUT2D eigenvalue weighted by atomic mass is 32.2. The van der Waals surface area contributed by atoms with Gasteiger partial charge in [0.05, 0.1) is 5.52 Å². The molecule has 3 N–H and O–H groups in total. The summed E-state index contributed by atoms with van der Waals surface area (Å²) in [6.07, 6.45) is 1.48. The molecular weight excluding hydrogens is 220 g/mol. The first-order valence-corrected chi connectivity index (χ1v) is 5.41. The summed E-state index contributed by atoms with van der Waals surface area (Å²) < 4.78 is 21.5. The third-order valence-corrected chi connectivity index (χ3v) is 2.42. The molecule has 0 unspecified atom stereocenters. The minimum atomic E-state index is -4.26. The summed E-state index contributed by atoms with van der Waals surface area (Å²) in [7, 11) is -4.26. The first-order chi connectivity index (χ1) is 6.98. The average Bonchev–Trinajstić information content (AvgIpc) is 2.58. The lowest BCUT2D eigenvalue weighted by molar-refractivity contribution is 0.106. The fraction of sp³-hybridized carbons (Fsp3) is 0. The Hall–Kier alpha value is -1.80. The number of aromatic amines is 1. The Morgan fingerprint density at radius 3 is 2.80 bits per heavy atom. The molecule has 0 radical (unpaired) electrons. The van der Waals surface area contributed by atoms with Crippen LogP contribution in [-0.4, -0.2) is 28.5 Å². The van der Waals surface area contributed by atoms with Gasteiger partial charge in [-0.25, -0.2) is 23.5 Å². The molecule has 0 amide bonds. The van der Waals surface area contributed by atoms with Gasteiger partial charge in [0, 0.05) is 6.20 Å². The van der Waals surface area contributed by atoms with Gasteiger partial charge in [0.15, 0.2) is 11.5 Å². The van der Waals surface area contributed by atoms with Crippen molar-refractivity contribution in [2.24, 2.45) is 5.14 Å². The Kier molecular flexibility index (Phi) is 2.02. The maximum atomic E-state index is 11.2. The van der Waals surface area contributed by atoms with Crippen molar-refractivity contribution >= 4 is 26.3 Å². The SMILES string of the molecule is NS(=O)(=O)C(=O)c1nc2ncccc2[nH]1. The lowest BCUT2D eigenvalue weighted by Gasteiger charge is -1.90. The van der Waals surface area contributed by atoms with Gasteiger partial charge < -0.3 is 4.98 Å². The number of carbonyl (C=O) groups excluding carboxylic acids is 1. The molecule has 0 fully saturated rings. The summed E-state index contributed by atoms with van der Waals surface area (Å²) in [5.74, 6) is -0.328. The molecule has 0 spiro atoms. The van der Waals surface area contributed by atoms with Gasteiger partial charge in [-0.15, -0.1) is 0 Å². The van der Waals surface area contributed by atoms with Crippen LogP contribution in [0, 0.1) is 0 Å². The molecule has 0 saturated carbocycles. The minimum absolute atomic E-state index is 0.268. The Balaban J connectivity index is 2.60. The van der Waals surface area contributed by atoms with Crippen LogP contribution in [0.25, 0.3) is 11.2 Å². The molecule has 2 rings (SSSR count). The number of aromatic nitrogens is 3. The van der Waals surface area contributed by atoms with Crippen molar-refractivity contribution in [2.75, 3.05) is 0 Å². The second kappa shape index (κ2) is 3.11. The van der Waals surface area contributed by atoms with Gasteiger partial charge in [-0.1, -0.05) is 0 Å². The number of fused-ring (bicyclic) bond motifs is 1. The molecule has 0 bridgehead atoms. The van der Waals surface area contributed by atoms with Crippen molar-refractivity contribution in [2.45, 2.75) is 0 Å². The summed E-state index contributed by atoms with van der Waals surface area (Å²) >= 11 is 0. The van der Waals surface area contributed by atoms with Crippen molar-refractivity contribution in [1.29, 1.82) is 0 Å². The van der Waals surface area contributed by atoms with Crippen molar-refractivity contribution in [3.8, 4) is 0 Å². The molecule has 7 nitrogen and oxygen atoms in total. The summed E-state index contributed by atoms with van der Waals surface area (Å²) in [5.41, 5.74) is 0.744. The zero-order valence-electron chi connectivity index (χ0n) is 7.34. The van der Waals surface area contributed by atoms with Crippen molar-refractivity contribution in [3.63, 3.8) is 0 Å². The fourth-order valence-corrected chi connectivity index (χ4v) is 1.44. The lowest BCUT2D eigenvalue weighted by atomic mass is 10.4. The van der Waals surface area contributed by atoms with E-state index in [4.69, 9.17) is 0 Å².